The minimum Gasteiger partial charge on any atom is -0.450 e. The van der Waals surface area contributed by atoms with Gasteiger partial charge >= 0.3 is 0 Å². The lowest BCUT2D eigenvalue weighted by Crippen LogP contribution is -1.98. The summed E-state index contributed by atoms with van der Waals surface area (Å²) in [6, 6.07) is 81.6. The SMILES string of the molecule is CC.Cc1ccc2c3ccccc3c3ccccc3c2c1.c1ccc(-c2cc(-c3ccccc3)cc(-n3c4ccccc4c4cc(-c5ccc6c(c5)Oc5ccccc5O6)ccc43)c2)cc1. The van der Waals surface area contributed by atoms with Crippen LogP contribution in [0.5, 0.6) is 23.0 Å². The number of hydrogen-bond donors (Lipinski definition) is 0. The van der Waals surface area contributed by atoms with Crippen LogP contribution in [0.25, 0.3) is 93.2 Å². The molecule has 0 amide bonds. The van der Waals surface area contributed by atoms with Crippen molar-refractivity contribution in [3.05, 3.63) is 236 Å². The van der Waals surface area contributed by atoms with Gasteiger partial charge in [-0.3, -0.25) is 0 Å². The van der Waals surface area contributed by atoms with Gasteiger partial charge in [0.15, 0.2) is 23.0 Å². The van der Waals surface area contributed by atoms with E-state index in [2.05, 4.69) is 212 Å². The lowest BCUT2D eigenvalue weighted by molar-refractivity contribution is 0.360. The molecule has 2 heterocycles. The Kier molecular flexibility index (Phi) is 10.6. The third kappa shape index (κ3) is 7.31. The number of rotatable bonds is 4. The summed E-state index contributed by atoms with van der Waals surface area (Å²) in [6.07, 6.45) is 0. The second-order valence-corrected chi connectivity index (χ2v) is 16.5. The predicted molar refractivity (Wildman–Crippen MR) is 279 cm³/mol. The number of benzene rings is 11. The Bertz CT molecular complexity index is 3640. The first-order chi connectivity index (χ1) is 32.6. The summed E-state index contributed by atoms with van der Waals surface area (Å²) in [5, 5.41) is 10.5. The minimum atomic E-state index is 0.722. The Hall–Kier alpha value is -8.40. The number of ether oxygens (including phenoxy) is 2. The van der Waals surface area contributed by atoms with Gasteiger partial charge in [-0.05, 0) is 133 Å². The van der Waals surface area contributed by atoms with E-state index in [0.717, 1.165) is 45.3 Å². The molecule has 3 heteroatoms. The number of nitrogens with zero attached hydrogens (tertiary/aromatic N) is 1. The van der Waals surface area contributed by atoms with Crippen LogP contribution in [0, 0.1) is 6.92 Å². The molecule has 0 spiro atoms. The largest absolute Gasteiger partial charge is 0.450 e. The summed E-state index contributed by atoms with van der Waals surface area (Å²) in [5.74, 6) is 2.91. The fourth-order valence-electron chi connectivity index (χ4n) is 9.49. The van der Waals surface area contributed by atoms with Crippen molar-refractivity contribution in [1.82, 2.24) is 4.57 Å². The Morgan fingerprint density at radius 2 is 0.727 bits per heavy atom. The Morgan fingerprint density at radius 3 is 1.35 bits per heavy atom. The molecule has 0 fully saturated rings. The van der Waals surface area contributed by atoms with Crippen molar-refractivity contribution in [2.75, 3.05) is 0 Å². The van der Waals surface area contributed by atoms with E-state index in [1.54, 1.807) is 0 Å². The highest BCUT2D eigenvalue weighted by Crippen LogP contribution is 2.47. The van der Waals surface area contributed by atoms with E-state index in [0.29, 0.717) is 0 Å². The summed E-state index contributed by atoms with van der Waals surface area (Å²) in [7, 11) is 0. The second-order valence-electron chi connectivity index (χ2n) is 16.5. The van der Waals surface area contributed by atoms with Crippen LogP contribution >= 0.6 is 0 Å². The first kappa shape index (κ1) is 40.4. The van der Waals surface area contributed by atoms with Crippen LogP contribution < -0.4 is 9.47 Å². The third-order valence-electron chi connectivity index (χ3n) is 12.5. The van der Waals surface area contributed by atoms with Gasteiger partial charge in [0.2, 0.25) is 0 Å². The molecule has 1 aliphatic rings. The molecule has 13 rings (SSSR count). The summed E-state index contributed by atoms with van der Waals surface area (Å²) >= 11 is 0. The average Bonchev–Trinajstić information content (AvgIpc) is 3.73. The molecule has 1 aliphatic heterocycles. The van der Waals surface area contributed by atoms with Gasteiger partial charge in [0, 0.05) is 16.5 Å². The zero-order valence-corrected chi connectivity index (χ0v) is 37.2. The molecular weight excluding hydrogens is 803 g/mol. The molecule has 12 aromatic rings. The maximum Gasteiger partial charge on any atom is 0.170 e. The molecule has 0 aliphatic carbocycles. The quantitative estimate of drug-likeness (QED) is 0.165. The molecule has 316 valence electrons. The minimum absolute atomic E-state index is 0.722. The van der Waals surface area contributed by atoms with Gasteiger partial charge in [0.05, 0.1) is 11.0 Å². The van der Waals surface area contributed by atoms with Gasteiger partial charge in [0.1, 0.15) is 0 Å². The zero-order valence-electron chi connectivity index (χ0n) is 37.2. The summed E-state index contributed by atoms with van der Waals surface area (Å²) < 4.78 is 14.7. The first-order valence-electron chi connectivity index (χ1n) is 22.8. The van der Waals surface area contributed by atoms with Gasteiger partial charge in [-0.25, -0.2) is 0 Å². The van der Waals surface area contributed by atoms with Gasteiger partial charge in [-0.15, -0.1) is 0 Å². The van der Waals surface area contributed by atoms with E-state index in [4.69, 9.17) is 9.47 Å². The van der Waals surface area contributed by atoms with Crippen molar-refractivity contribution in [3.8, 4) is 62.1 Å². The van der Waals surface area contributed by atoms with E-state index in [1.165, 1.54) is 76.4 Å². The molecule has 0 radical (unpaired) electrons. The molecule has 0 atom stereocenters. The Labute approximate surface area is 385 Å². The van der Waals surface area contributed by atoms with Crippen molar-refractivity contribution in [2.24, 2.45) is 0 Å². The van der Waals surface area contributed by atoms with Crippen LogP contribution in [0.15, 0.2) is 231 Å². The predicted octanol–water partition coefficient (Wildman–Crippen LogP) is 18.2. The molecule has 0 N–H and O–H groups in total. The van der Waals surface area contributed by atoms with Crippen LogP contribution in [0.4, 0.5) is 0 Å². The smallest absolute Gasteiger partial charge is 0.170 e. The van der Waals surface area contributed by atoms with Crippen molar-refractivity contribution < 1.29 is 9.47 Å². The standard InChI is InChI=1S/C42H27NO2.C19H14.C2H6/c1-3-11-28(12-4-1)32-23-33(29-13-5-2-6-14-29)25-34(24-32)43-37-16-8-7-15-35(37)36-26-30(19-21-38(36)43)31-20-22-41-42(27-31)45-40-18-10-9-17-39(40)44-41;1-13-10-11-18-16-8-3-2-6-14(16)15-7-4-5-9-17(15)19(18)12-13;1-2/h1-27H;2-12H,1H3;1-2H3. The first-order valence-corrected chi connectivity index (χ1v) is 22.8. The number of para-hydroxylation sites is 3. The lowest BCUT2D eigenvalue weighted by atomic mass is 9.93. The van der Waals surface area contributed by atoms with Crippen molar-refractivity contribution in [2.45, 2.75) is 20.8 Å². The molecule has 11 aromatic carbocycles. The fraction of sp³-hybridized carbons (Fsp3) is 0.0476. The summed E-state index contributed by atoms with van der Waals surface area (Å²) in [6.45, 7) is 6.16. The number of aromatic nitrogens is 1. The van der Waals surface area contributed by atoms with Crippen LogP contribution in [-0.4, -0.2) is 4.57 Å². The average molecular weight is 850 g/mol. The molecule has 1 aromatic heterocycles. The van der Waals surface area contributed by atoms with E-state index >= 15 is 0 Å². The fourth-order valence-corrected chi connectivity index (χ4v) is 9.49. The topological polar surface area (TPSA) is 23.4 Å². The Balaban J connectivity index is 0.000000190. The number of fused-ring (bicyclic) bond motifs is 11. The van der Waals surface area contributed by atoms with E-state index in [1.807, 2.05) is 44.2 Å². The third-order valence-corrected chi connectivity index (χ3v) is 12.5. The maximum absolute atomic E-state index is 6.23. The van der Waals surface area contributed by atoms with Crippen LogP contribution in [0.3, 0.4) is 0 Å². The molecule has 66 heavy (non-hydrogen) atoms. The van der Waals surface area contributed by atoms with Gasteiger partial charge in [-0.1, -0.05) is 189 Å². The monoisotopic (exact) mass is 849 g/mol. The molecule has 0 saturated heterocycles. The van der Waals surface area contributed by atoms with E-state index in [-0.39, 0.29) is 0 Å². The summed E-state index contributed by atoms with van der Waals surface area (Å²) in [5.41, 5.74) is 11.7. The van der Waals surface area contributed by atoms with Gasteiger partial charge < -0.3 is 14.0 Å². The van der Waals surface area contributed by atoms with Crippen molar-refractivity contribution in [1.29, 1.82) is 0 Å². The van der Waals surface area contributed by atoms with Crippen LogP contribution in [0.1, 0.15) is 19.4 Å². The summed E-state index contributed by atoms with van der Waals surface area (Å²) in [4.78, 5) is 0. The van der Waals surface area contributed by atoms with E-state index in [9.17, 15) is 0 Å². The lowest BCUT2D eigenvalue weighted by Gasteiger charge is -2.21. The number of aryl methyl sites for hydroxylation is 1. The molecule has 0 bridgehead atoms. The van der Waals surface area contributed by atoms with Crippen molar-refractivity contribution >= 4 is 54.1 Å². The van der Waals surface area contributed by atoms with Crippen molar-refractivity contribution in [3.63, 3.8) is 0 Å². The van der Waals surface area contributed by atoms with Gasteiger partial charge in [-0.2, -0.15) is 0 Å². The zero-order chi connectivity index (χ0) is 44.6. The molecule has 0 saturated carbocycles. The highest BCUT2D eigenvalue weighted by molar-refractivity contribution is 6.25. The Morgan fingerprint density at radius 1 is 0.273 bits per heavy atom. The second kappa shape index (κ2) is 17.3. The highest BCUT2D eigenvalue weighted by atomic mass is 16.6. The van der Waals surface area contributed by atoms with Crippen LogP contribution in [0.2, 0.25) is 0 Å². The van der Waals surface area contributed by atoms with E-state index < -0.39 is 0 Å². The normalized spacial score (nSPS) is 11.5. The molecule has 0 unspecified atom stereocenters. The number of hydrogen-bond acceptors (Lipinski definition) is 2. The maximum atomic E-state index is 6.23. The molecule has 3 nitrogen and oxygen atoms in total. The van der Waals surface area contributed by atoms with Gasteiger partial charge in [0.25, 0.3) is 0 Å². The van der Waals surface area contributed by atoms with Crippen LogP contribution in [-0.2, 0) is 0 Å². The highest BCUT2D eigenvalue weighted by Gasteiger charge is 2.20. The molecular formula is C63H47NO2.